The Hall–Kier alpha value is -1.96. The van der Waals surface area contributed by atoms with E-state index in [-0.39, 0.29) is 17.5 Å². The zero-order valence-corrected chi connectivity index (χ0v) is 12.2. The van der Waals surface area contributed by atoms with E-state index in [1.165, 1.54) is 23.9 Å². The summed E-state index contributed by atoms with van der Waals surface area (Å²) in [7, 11) is 0. The molecular formula is C13H15FN4O2S. The van der Waals surface area contributed by atoms with E-state index in [1.54, 1.807) is 11.5 Å². The lowest BCUT2D eigenvalue weighted by atomic mass is 10.3. The number of halogens is 1. The van der Waals surface area contributed by atoms with Crippen molar-refractivity contribution in [3.8, 4) is 5.75 Å². The van der Waals surface area contributed by atoms with E-state index in [0.29, 0.717) is 22.3 Å². The van der Waals surface area contributed by atoms with Gasteiger partial charge in [-0.3, -0.25) is 4.57 Å². The summed E-state index contributed by atoms with van der Waals surface area (Å²) in [5.74, 6) is -0.356. The van der Waals surface area contributed by atoms with Crippen LogP contribution in [0.3, 0.4) is 0 Å². The van der Waals surface area contributed by atoms with Gasteiger partial charge in [-0.1, -0.05) is 0 Å². The second kappa shape index (κ2) is 5.44. The van der Waals surface area contributed by atoms with Crippen LogP contribution in [0.2, 0.25) is 0 Å². The molecule has 8 heteroatoms. The van der Waals surface area contributed by atoms with Crippen LogP contribution in [0.15, 0.2) is 27.0 Å². The first kappa shape index (κ1) is 14.0. The Morgan fingerprint density at radius 3 is 3.00 bits per heavy atom. The number of hydrogen-bond donors (Lipinski definition) is 2. The largest absolute Gasteiger partial charge is 0.491 e. The molecule has 6 nitrogen and oxygen atoms in total. The average Bonchev–Trinajstić information content (AvgIpc) is 3.20. The third kappa shape index (κ3) is 2.76. The van der Waals surface area contributed by atoms with Crippen LogP contribution in [0.1, 0.15) is 25.8 Å². The van der Waals surface area contributed by atoms with E-state index in [4.69, 9.17) is 10.5 Å². The van der Waals surface area contributed by atoms with E-state index < -0.39 is 5.82 Å². The van der Waals surface area contributed by atoms with Crippen molar-refractivity contribution in [1.82, 2.24) is 14.8 Å². The summed E-state index contributed by atoms with van der Waals surface area (Å²) in [5.41, 5.74) is 5.90. The maximum Gasteiger partial charge on any atom is 0.344 e. The molecule has 3 rings (SSSR count). The van der Waals surface area contributed by atoms with Gasteiger partial charge in [-0.05, 0) is 37.6 Å². The minimum absolute atomic E-state index is 0.144. The summed E-state index contributed by atoms with van der Waals surface area (Å²) in [4.78, 5) is 12.3. The number of aromatic nitrogens is 3. The Balaban J connectivity index is 1.94. The minimum Gasteiger partial charge on any atom is -0.491 e. The second-order valence-electron chi connectivity index (χ2n) is 4.77. The standard InChI is InChI=1S/C13H15FN4O2S/c1-2-20-10-6-11(9(15)5-8(10)14)21-13-17-16-12(19)18(13)7-3-4-7/h5-7H,2-4,15H2,1H3,(H,16,19). The van der Waals surface area contributed by atoms with Gasteiger partial charge in [0.05, 0.1) is 6.61 Å². The van der Waals surface area contributed by atoms with Gasteiger partial charge in [0.1, 0.15) is 0 Å². The van der Waals surface area contributed by atoms with Gasteiger partial charge in [0, 0.05) is 22.7 Å². The van der Waals surface area contributed by atoms with Gasteiger partial charge in [-0.25, -0.2) is 14.3 Å². The summed E-state index contributed by atoms with van der Waals surface area (Å²) in [5, 5.41) is 6.98. The van der Waals surface area contributed by atoms with E-state index >= 15 is 0 Å². The number of ether oxygens (including phenoxy) is 1. The molecule has 0 unspecified atom stereocenters. The Morgan fingerprint density at radius 2 is 2.33 bits per heavy atom. The maximum atomic E-state index is 13.7. The van der Waals surface area contributed by atoms with Crippen molar-refractivity contribution < 1.29 is 9.13 Å². The molecule has 1 fully saturated rings. The fraction of sp³-hybridized carbons (Fsp3) is 0.385. The van der Waals surface area contributed by atoms with Crippen molar-refractivity contribution in [3.63, 3.8) is 0 Å². The maximum absolute atomic E-state index is 13.7. The molecule has 1 heterocycles. The van der Waals surface area contributed by atoms with Gasteiger partial charge < -0.3 is 10.5 Å². The number of nitrogen functional groups attached to an aromatic ring is 1. The van der Waals surface area contributed by atoms with Gasteiger partial charge >= 0.3 is 5.69 Å². The minimum atomic E-state index is -0.500. The number of nitrogens with two attached hydrogens (primary N) is 1. The van der Waals surface area contributed by atoms with Crippen molar-refractivity contribution in [2.24, 2.45) is 0 Å². The number of aromatic amines is 1. The van der Waals surface area contributed by atoms with E-state index in [1.807, 2.05) is 0 Å². The van der Waals surface area contributed by atoms with Crippen LogP contribution >= 0.6 is 11.8 Å². The Kier molecular flexibility index (Phi) is 3.62. The SMILES string of the molecule is CCOc1cc(Sc2n[nH]c(=O)n2C2CC2)c(N)cc1F. The third-order valence-electron chi connectivity index (χ3n) is 3.15. The van der Waals surface area contributed by atoms with Crippen molar-refractivity contribution in [1.29, 1.82) is 0 Å². The van der Waals surface area contributed by atoms with Crippen LogP contribution in [0, 0.1) is 5.82 Å². The first-order valence-corrected chi connectivity index (χ1v) is 7.48. The predicted octanol–water partition coefficient (Wildman–Crippen LogP) is 2.18. The third-order valence-corrected chi connectivity index (χ3v) is 4.19. The number of hydrogen-bond acceptors (Lipinski definition) is 5. The number of nitrogens with zero attached hydrogens (tertiary/aromatic N) is 2. The molecule has 2 aromatic rings. The molecule has 0 saturated heterocycles. The Bertz CT molecular complexity index is 723. The van der Waals surface area contributed by atoms with Gasteiger partial charge in [-0.15, -0.1) is 5.10 Å². The smallest absolute Gasteiger partial charge is 0.344 e. The van der Waals surface area contributed by atoms with Crippen molar-refractivity contribution in [2.45, 2.75) is 35.9 Å². The molecular weight excluding hydrogens is 295 g/mol. The fourth-order valence-corrected chi connectivity index (χ4v) is 2.98. The normalized spacial score (nSPS) is 14.4. The fourth-order valence-electron chi connectivity index (χ4n) is 2.02. The molecule has 0 bridgehead atoms. The number of benzene rings is 1. The number of H-pyrrole nitrogens is 1. The van der Waals surface area contributed by atoms with Crippen LogP contribution < -0.4 is 16.2 Å². The van der Waals surface area contributed by atoms with Crippen molar-refractivity contribution in [3.05, 3.63) is 28.4 Å². The molecule has 0 aliphatic heterocycles. The highest BCUT2D eigenvalue weighted by Crippen LogP contribution is 2.40. The first-order valence-electron chi connectivity index (χ1n) is 6.66. The summed E-state index contributed by atoms with van der Waals surface area (Å²) < 4.78 is 20.5. The van der Waals surface area contributed by atoms with E-state index in [0.717, 1.165) is 12.8 Å². The van der Waals surface area contributed by atoms with E-state index in [2.05, 4.69) is 10.2 Å². The molecule has 21 heavy (non-hydrogen) atoms. The average molecular weight is 310 g/mol. The monoisotopic (exact) mass is 310 g/mol. The number of anilines is 1. The zero-order chi connectivity index (χ0) is 15.0. The van der Waals surface area contributed by atoms with Gasteiger partial charge in [0.15, 0.2) is 16.7 Å². The molecule has 0 radical (unpaired) electrons. The topological polar surface area (TPSA) is 85.9 Å². The summed E-state index contributed by atoms with van der Waals surface area (Å²) >= 11 is 1.23. The zero-order valence-electron chi connectivity index (χ0n) is 11.4. The highest BCUT2D eigenvalue weighted by molar-refractivity contribution is 7.99. The first-order chi connectivity index (χ1) is 10.1. The van der Waals surface area contributed by atoms with Crippen molar-refractivity contribution in [2.75, 3.05) is 12.3 Å². The molecule has 1 saturated carbocycles. The molecule has 1 aliphatic carbocycles. The quantitative estimate of drug-likeness (QED) is 0.827. The molecule has 1 aliphatic rings. The molecule has 0 amide bonds. The Labute approximate surface area is 124 Å². The lowest BCUT2D eigenvalue weighted by Gasteiger charge is -2.10. The summed E-state index contributed by atoms with van der Waals surface area (Å²) in [6.45, 7) is 2.14. The van der Waals surface area contributed by atoms with Crippen LogP contribution in [-0.2, 0) is 0 Å². The Morgan fingerprint density at radius 1 is 1.57 bits per heavy atom. The predicted molar refractivity (Wildman–Crippen MR) is 77.2 cm³/mol. The summed E-state index contributed by atoms with van der Waals surface area (Å²) in [6.07, 6.45) is 1.94. The van der Waals surface area contributed by atoms with Crippen LogP contribution in [0.25, 0.3) is 0 Å². The van der Waals surface area contributed by atoms with Gasteiger partial charge in [0.2, 0.25) is 0 Å². The van der Waals surface area contributed by atoms with Crippen molar-refractivity contribution >= 4 is 17.4 Å². The lowest BCUT2D eigenvalue weighted by Crippen LogP contribution is -2.16. The highest BCUT2D eigenvalue weighted by atomic mass is 32.2. The molecule has 0 atom stereocenters. The van der Waals surface area contributed by atoms with Crippen LogP contribution in [0.4, 0.5) is 10.1 Å². The number of nitrogens with one attached hydrogen (secondary N) is 1. The molecule has 1 aromatic carbocycles. The molecule has 0 spiro atoms. The molecule has 3 N–H and O–H groups in total. The summed E-state index contributed by atoms with van der Waals surface area (Å²) in [6, 6.07) is 2.96. The van der Waals surface area contributed by atoms with Gasteiger partial charge in [0.25, 0.3) is 0 Å². The molecule has 112 valence electrons. The lowest BCUT2D eigenvalue weighted by molar-refractivity contribution is 0.321. The van der Waals surface area contributed by atoms with Gasteiger partial charge in [-0.2, -0.15) is 0 Å². The second-order valence-corrected chi connectivity index (χ2v) is 5.78. The highest BCUT2D eigenvalue weighted by Gasteiger charge is 2.29. The van der Waals surface area contributed by atoms with Crippen LogP contribution in [0.5, 0.6) is 5.75 Å². The molecule has 1 aromatic heterocycles. The number of rotatable bonds is 5. The van der Waals surface area contributed by atoms with E-state index in [9.17, 15) is 9.18 Å². The van der Waals surface area contributed by atoms with Crippen LogP contribution in [-0.4, -0.2) is 21.4 Å².